The lowest BCUT2D eigenvalue weighted by atomic mass is 10.1. The number of carbonyl (C=O) groups is 1. The van der Waals surface area contributed by atoms with E-state index in [-0.39, 0.29) is 22.0 Å². The first-order chi connectivity index (χ1) is 8.91. The van der Waals surface area contributed by atoms with Crippen LogP contribution in [0.2, 0.25) is 0 Å². The fourth-order valence-electron chi connectivity index (χ4n) is 1.66. The monoisotopic (exact) mass is 327 g/mol. The summed E-state index contributed by atoms with van der Waals surface area (Å²) in [6.45, 7) is 3.63. The minimum Gasteiger partial charge on any atom is -0.475 e. The molecule has 0 aliphatic heterocycles. The quantitative estimate of drug-likeness (QED) is 0.923. The fraction of sp³-hybridized carbons (Fsp3) is 0.231. The van der Waals surface area contributed by atoms with Crippen LogP contribution in [0.1, 0.15) is 36.0 Å². The second kappa shape index (κ2) is 5.13. The van der Waals surface area contributed by atoms with Gasteiger partial charge in [-0.1, -0.05) is 19.9 Å². The molecule has 0 saturated heterocycles. The molecule has 2 rings (SSSR count). The maximum Gasteiger partial charge on any atom is 0.373 e. The summed E-state index contributed by atoms with van der Waals surface area (Å²) < 4.78 is 18.9. The molecule has 2 aromatic rings. The number of hydrogen-bond donors (Lipinski definition) is 1. The second-order valence-corrected chi connectivity index (χ2v) is 5.09. The summed E-state index contributed by atoms with van der Waals surface area (Å²) in [7, 11) is 0. The summed E-state index contributed by atoms with van der Waals surface area (Å²) in [5.41, 5.74) is 0.730. The molecule has 0 aliphatic carbocycles. The van der Waals surface area contributed by atoms with Gasteiger partial charge in [0, 0.05) is 0 Å². The van der Waals surface area contributed by atoms with Gasteiger partial charge in [-0.2, -0.15) is 0 Å². The molecule has 1 aromatic heterocycles. The topological polar surface area (TPSA) is 63.3 Å². The van der Waals surface area contributed by atoms with E-state index in [2.05, 4.69) is 20.9 Å². The highest BCUT2D eigenvalue weighted by Gasteiger charge is 2.23. The molecule has 0 unspecified atom stereocenters. The Morgan fingerprint density at radius 3 is 2.68 bits per heavy atom. The molecule has 6 heteroatoms. The Labute approximate surface area is 117 Å². The average Bonchev–Trinajstić information content (AvgIpc) is 2.77. The van der Waals surface area contributed by atoms with Crippen molar-refractivity contribution < 1.29 is 18.7 Å². The first kappa shape index (κ1) is 13.7. The van der Waals surface area contributed by atoms with Crippen molar-refractivity contribution in [1.82, 2.24) is 4.98 Å². The lowest BCUT2D eigenvalue weighted by molar-refractivity contribution is 0.0661. The minimum absolute atomic E-state index is 0.0903. The highest BCUT2D eigenvalue weighted by atomic mass is 79.9. The van der Waals surface area contributed by atoms with Crippen LogP contribution >= 0.6 is 15.9 Å². The molecule has 1 heterocycles. The summed E-state index contributed by atoms with van der Waals surface area (Å²) in [5.74, 6) is -1.86. The maximum absolute atomic E-state index is 13.5. The standard InChI is InChI=1S/C13H11BrFNO3/c1-6(2)10-11(13(17)18)19-12(16-10)7-4-3-5-8(15)9(7)14/h3-6H,1-2H3,(H,17,18). The Morgan fingerprint density at radius 1 is 1.47 bits per heavy atom. The van der Waals surface area contributed by atoms with Crippen LogP contribution in [0.5, 0.6) is 0 Å². The Bertz CT molecular complexity index is 637. The van der Waals surface area contributed by atoms with E-state index in [0.717, 1.165) is 0 Å². The van der Waals surface area contributed by atoms with Crippen molar-refractivity contribution in [2.75, 3.05) is 0 Å². The second-order valence-electron chi connectivity index (χ2n) is 4.29. The number of oxazole rings is 1. The van der Waals surface area contributed by atoms with Gasteiger partial charge in [-0.3, -0.25) is 0 Å². The summed E-state index contributed by atoms with van der Waals surface area (Å²) in [5, 5.41) is 9.08. The first-order valence-electron chi connectivity index (χ1n) is 5.60. The van der Waals surface area contributed by atoms with Gasteiger partial charge in [0.25, 0.3) is 0 Å². The van der Waals surface area contributed by atoms with Gasteiger partial charge in [0.1, 0.15) is 5.82 Å². The van der Waals surface area contributed by atoms with Gasteiger partial charge in [0.15, 0.2) is 0 Å². The Balaban J connectivity index is 2.61. The lowest BCUT2D eigenvalue weighted by Crippen LogP contribution is -2.01. The van der Waals surface area contributed by atoms with E-state index in [9.17, 15) is 9.18 Å². The summed E-state index contributed by atoms with van der Waals surface area (Å²) in [6.07, 6.45) is 0. The smallest absolute Gasteiger partial charge is 0.373 e. The molecule has 0 spiro atoms. The van der Waals surface area contributed by atoms with Crippen molar-refractivity contribution in [3.63, 3.8) is 0 Å². The number of carboxylic acids is 1. The van der Waals surface area contributed by atoms with Crippen LogP contribution in [0.15, 0.2) is 27.1 Å². The molecule has 1 aromatic carbocycles. The Morgan fingerprint density at radius 2 is 2.16 bits per heavy atom. The van der Waals surface area contributed by atoms with Gasteiger partial charge in [-0.25, -0.2) is 14.2 Å². The zero-order chi connectivity index (χ0) is 14.2. The summed E-state index contributed by atoms with van der Waals surface area (Å²) in [4.78, 5) is 15.3. The number of aromatic carboxylic acids is 1. The van der Waals surface area contributed by atoms with Crippen molar-refractivity contribution in [3.8, 4) is 11.5 Å². The molecule has 0 atom stereocenters. The fourth-order valence-corrected chi connectivity index (χ4v) is 2.09. The number of aromatic nitrogens is 1. The SMILES string of the molecule is CC(C)c1nc(-c2cccc(F)c2Br)oc1C(=O)O. The molecule has 0 bridgehead atoms. The number of benzene rings is 1. The van der Waals surface area contributed by atoms with Gasteiger partial charge in [0.05, 0.1) is 15.7 Å². The van der Waals surface area contributed by atoms with Crippen molar-refractivity contribution >= 4 is 21.9 Å². The van der Waals surface area contributed by atoms with Gasteiger partial charge >= 0.3 is 5.97 Å². The third-order valence-corrected chi connectivity index (χ3v) is 3.38. The zero-order valence-electron chi connectivity index (χ0n) is 10.3. The maximum atomic E-state index is 13.5. The van der Waals surface area contributed by atoms with E-state index in [1.807, 2.05) is 13.8 Å². The van der Waals surface area contributed by atoms with Crippen LogP contribution in [0.25, 0.3) is 11.5 Å². The first-order valence-corrected chi connectivity index (χ1v) is 6.39. The predicted octanol–water partition coefficient (Wildman–Crippen LogP) is 4.06. The van der Waals surface area contributed by atoms with E-state index in [4.69, 9.17) is 9.52 Å². The summed E-state index contributed by atoms with van der Waals surface area (Å²) >= 11 is 3.10. The number of nitrogens with zero attached hydrogens (tertiary/aromatic N) is 1. The number of halogens is 2. The normalized spacial score (nSPS) is 11.0. The van der Waals surface area contributed by atoms with Crippen LogP contribution in [0.4, 0.5) is 4.39 Å². The lowest BCUT2D eigenvalue weighted by Gasteiger charge is -2.00. The molecule has 0 amide bonds. The van der Waals surface area contributed by atoms with E-state index >= 15 is 0 Å². The molecule has 0 fully saturated rings. The Hall–Kier alpha value is -1.69. The third kappa shape index (κ3) is 2.53. The Kier molecular flexibility index (Phi) is 3.71. The number of rotatable bonds is 3. The van der Waals surface area contributed by atoms with Gasteiger partial charge in [-0.05, 0) is 34.0 Å². The van der Waals surface area contributed by atoms with Crippen LogP contribution in [-0.2, 0) is 0 Å². The molecule has 1 N–H and O–H groups in total. The van der Waals surface area contributed by atoms with Crippen molar-refractivity contribution in [2.24, 2.45) is 0 Å². The minimum atomic E-state index is -1.19. The van der Waals surface area contributed by atoms with E-state index in [1.54, 1.807) is 6.07 Å². The van der Waals surface area contributed by atoms with Gasteiger partial charge < -0.3 is 9.52 Å². The molecule has 0 radical (unpaired) electrons. The van der Waals surface area contributed by atoms with E-state index in [1.165, 1.54) is 12.1 Å². The zero-order valence-corrected chi connectivity index (χ0v) is 11.9. The highest BCUT2D eigenvalue weighted by molar-refractivity contribution is 9.10. The third-order valence-electron chi connectivity index (χ3n) is 2.58. The largest absolute Gasteiger partial charge is 0.475 e. The van der Waals surface area contributed by atoms with Crippen LogP contribution in [0.3, 0.4) is 0 Å². The molecule has 0 aliphatic rings. The molecular formula is C13H11BrFNO3. The van der Waals surface area contributed by atoms with E-state index < -0.39 is 11.8 Å². The van der Waals surface area contributed by atoms with Crippen LogP contribution in [0, 0.1) is 5.82 Å². The van der Waals surface area contributed by atoms with Gasteiger partial charge in [-0.15, -0.1) is 0 Å². The van der Waals surface area contributed by atoms with Gasteiger partial charge in [0.2, 0.25) is 11.7 Å². The highest BCUT2D eigenvalue weighted by Crippen LogP contribution is 2.32. The molecule has 19 heavy (non-hydrogen) atoms. The molecular weight excluding hydrogens is 317 g/mol. The molecule has 100 valence electrons. The summed E-state index contributed by atoms with van der Waals surface area (Å²) in [6, 6.07) is 4.40. The average molecular weight is 328 g/mol. The van der Waals surface area contributed by atoms with Crippen molar-refractivity contribution in [2.45, 2.75) is 19.8 Å². The number of carboxylic acid groups (broad SMARTS) is 1. The van der Waals surface area contributed by atoms with Crippen LogP contribution in [-0.4, -0.2) is 16.1 Å². The number of hydrogen-bond acceptors (Lipinski definition) is 3. The van der Waals surface area contributed by atoms with Crippen molar-refractivity contribution in [1.29, 1.82) is 0 Å². The van der Waals surface area contributed by atoms with E-state index in [0.29, 0.717) is 11.3 Å². The predicted molar refractivity (Wildman–Crippen MR) is 70.6 cm³/mol. The van der Waals surface area contributed by atoms with Crippen molar-refractivity contribution in [3.05, 3.63) is 39.9 Å². The molecule has 0 saturated carbocycles. The van der Waals surface area contributed by atoms with Crippen LogP contribution < -0.4 is 0 Å². The molecule has 4 nitrogen and oxygen atoms in total.